The largest absolute Gasteiger partial charge is 0.455 e. The summed E-state index contributed by atoms with van der Waals surface area (Å²) in [6.07, 6.45) is 4.89. The zero-order valence-electron chi connectivity index (χ0n) is 34.8. The number of aromatic nitrogens is 2. The molecule has 3 aromatic heterocycles. The molecule has 0 spiro atoms. The first-order valence-electron chi connectivity index (χ1n) is 22.2. The molecule has 0 saturated heterocycles. The Kier molecular flexibility index (Phi) is 7.48. The first-order chi connectivity index (χ1) is 31.8. The fourth-order valence-corrected chi connectivity index (χ4v) is 11.2. The van der Waals surface area contributed by atoms with Gasteiger partial charge in [-0.2, -0.15) is 0 Å². The summed E-state index contributed by atoms with van der Waals surface area (Å²) in [5, 5.41) is 5.78. The fourth-order valence-electron chi connectivity index (χ4n) is 11.2. The number of fused-ring (bicyclic) bond motifs is 15. The minimum Gasteiger partial charge on any atom is -0.455 e. The van der Waals surface area contributed by atoms with E-state index in [9.17, 15) is 0 Å². The molecule has 1 aliphatic carbocycles. The molecule has 0 fully saturated rings. The Hall–Kier alpha value is -8.34. The van der Waals surface area contributed by atoms with Crippen molar-refractivity contribution in [2.75, 3.05) is 4.90 Å². The zero-order chi connectivity index (χ0) is 41.9. The lowest BCUT2D eigenvalue weighted by Crippen LogP contribution is -2.24. The maximum Gasteiger partial charge on any atom is 0.145 e. The smallest absolute Gasteiger partial charge is 0.145 e. The Labute approximate surface area is 369 Å². The average molecular weight is 818 g/mol. The minimum absolute atomic E-state index is 0.0384. The molecule has 64 heavy (non-hydrogen) atoms. The molecule has 4 heterocycles. The van der Waals surface area contributed by atoms with Crippen LogP contribution in [0.5, 0.6) is 0 Å². The number of rotatable bonds is 5. The van der Waals surface area contributed by atoms with E-state index in [-0.39, 0.29) is 12.0 Å². The van der Waals surface area contributed by atoms with Crippen LogP contribution in [0, 0.1) is 0 Å². The minimum atomic E-state index is -0.0384. The maximum atomic E-state index is 6.97. The SMILES string of the molecule is C1=CC2c3ccccc3N(c3ccccc3)C2c2c1n(-c1cccc(-c3ccccc3)c1)c1c(-c3ccccc3)cc3c4c5oc6ccccc6c5ccc4n(-c4ccccc4)c3c21. The van der Waals surface area contributed by atoms with E-state index in [1.165, 1.54) is 66.7 Å². The van der Waals surface area contributed by atoms with Crippen LogP contribution in [-0.4, -0.2) is 9.13 Å². The van der Waals surface area contributed by atoms with Crippen molar-refractivity contribution in [3.8, 4) is 33.6 Å². The monoisotopic (exact) mass is 817 g/mol. The molecule has 4 heteroatoms. The Morgan fingerprint density at radius 3 is 1.89 bits per heavy atom. The maximum absolute atomic E-state index is 6.97. The molecule has 0 saturated carbocycles. The Morgan fingerprint density at radius 1 is 0.438 bits per heavy atom. The second-order valence-electron chi connectivity index (χ2n) is 17.2. The summed E-state index contributed by atoms with van der Waals surface area (Å²) < 4.78 is 12.1. The third-order valence-corrected chi connectivity index (χ3v) is 13.8. The summed E-state index contributed by atoms with van der Waals surface area (Å²) in [6, 6.07) is 77.2. The Morgan fingerprint density at radius 2 is 1.09 bits per heavy atom. The summed E-state index contributed by atoms with van der Waals surface area (Å²) in [5.74, 6) is 0.116. The summed E-state index contributed by atoms with van der Waals surface area (Å²) >= 11 is 0. The van der Waals surface area contributed by atoms with Crippen LogP contribution in [-0.2, 0) is 0 Å². The topological polar surface area (TPSA) is 26.2 Å². The van der Waals surface area contributed by atoms with Crippen LogP contribution >= 0.6 is 0 Å². The second kappa shape index (κ2) is 13.6. The summed E-state index contributed by atoms with van der Waals surface area (Å²) in [5.41, 5.74) is 18.5. The predicted octanol–water partition coefficient (Wildman–Crippen LogP) is 16.0. The van der Waals surface area contributed by atoms with Gasteiger partial charge in [-0.15, -0.1) is 0 Å². The molecule has 2 aliphatic rings. The van der Waals surface area contributed by atoms with Crippen LogP contribution < -0.4 is 4.90 Å². The van der Waals surface area contributed by atoms with Crippen LogP contribution in [0.2, 0.25) is 0 Å². The van der Waals surface area contributed by atoms with Crippen LogP contribution in [0.15, 0.2) is 223 Å². The molecular formula is C60H39N3O. The molecular weight excluding hydrogens is 779 g/mol. The predicted molar refractivity (Wildman–Crippen MR) is 265 cm³/mol. The normalized spacial score (nSPS) is 15.4. The summed E-state index contributed by atoms with van der Waals surface area (Å²) in [6.45, 7) is 0. The van der Waals surface area contributed by atoms with Crippen LogP contribution in [0.25, 0.3) is 94.4 Å². The van der Waals surface area contributed by atoms with Gasteiger partial charge < -0.3 is 18.5 Å². The third-order valence-electron chi connectivity index (χ3n) is 13.8. The van der Waals surface area contributed by atoms with Crippen molar-refractivity contribution < 1.29 is 4.42 Å². The molecule has 9 aromatic carbocycles. The lowest BCUT2D eigenvalue weighted by atomic mass is 9.83. The lowest BCUT2D eigenvalue weighted by molar-refractivity contribution is 0.669. The molecule has 14 rings (SSSR count). The van der Waals surface area contributed by atoms with Gasteiger partial charge in [-0.05, 0) is 95.1 Å². The molecule has 0 N–H and O–H groups in total. The van der Waals surface area contributed by atoms with Gasteiger partial charge in [0.05, 0.1) is 33.7 Å². The second-order valence-corrected chi connectivity index (χ2v) is 17.2. The number of hydrogen-bond acceptors (Lipinski definition) is 2. The van der Waals surface area contributed by atoms with Gasteiger partial charge in [-0.1, -0.05) is 152 Å². The summed E-state index contributed by atoms with van der Waals surface area (Å²) in [4.78, 5) is 2.61. The number of hydrogen-bond donors (Lipinski definition) is 0. The number of benzene rings is 9. The highest BCUT2D eigenvalue weighted by molar-refractivity contribution is 6.30. The van der Waals surface area contributed by atoms with Gasteiger partial charge in [0.15, 0.2) is 0 Å². The highest BCUT2D eigenvalue weighted by Crippen LogP contribution is 2.60. The van der Waals surface area contributed by atoms with E-state index in [4.69, 9.17) is 4.42 Å². The number of anilines is 2. The third kappa shape index (κ3) is 4.93. The first kappa shape index (κ1) is 35.3. The van der Waals surface area contributed by atoms with Crippen molar-refractivity contribution >= 4 is 72.1 Å². The van der Waals surface area contributed by atoms with Gasteiger partial charge in [0.2, 0.25) is 0 Å². The van der Waals surface area contributed by atoms with E-state index < -0.39 is 0 Å². The van der Waals surface area contributed by atoms with Crippen LogP contribution in [0.1, 0.15) is 28.8 Å². The van der Waals surface area contributed by atoms with Crippen molar-refractivity contribution in [1.82, 2.24) is 9.13 Å². The van der Waals surface area contributed by atoms with Crippen molar-refractivity contribution in [2.24, 2.45) is 0 Å². The quantitative estimate of drug-likeness (QED) is 0.173. The Balaban J connectivity index is 1.23. The number of nitrogens with zero attached hydrogens (tertiary/aromatic N) is 3. The van der Waals surface area contributed by atoms with Gasteiger partial charge in [0.1, 0.15) is 11.2 Å². The molecule has 1 aliphatic heterocycles. The first-order valence-corrected chi connectivity index (χ1v) is 22.2. The molecule has 0 radical (unpaired) electrons. The van der Waals surface area contributed by atoms with E-state index in [0.29, 0.717) is 0 Å². The van der Waals surface area contributed by atoms with E-state index in [1.807, 2.05) is 0 Å². The van der Waals surface area contributed by atoms with E-state index in [2.05, 4.69) is 239 Å². The van der Waals surface area contributed by atoms with E-state index >= 15 is 0 Å². The molecule has 2 unspecified atom stereocenters. The molecule has 0 amide bonds. The van der Waals surface area contributed by atoms with E-state index in [0.717, 1.165) is 49.8 Å². The van der Waals surface area contributed by atoms with Crippen molar-refractivity contribution in [1.29, 1.82) is 0 Å². The number of para-hydroxylation sites is 4. The molecule has 2 atom stereocenters. The summed E-state index contributed by atoms with van der Waals surface area (Å²) in [7, 11) is 0. The molecule has 0 bridgehead atoms. The molecule has 12 aromatic rings. The van der Waals surface area contributed by atoms with Gasteiger partial charge in [0.25, 0.3) is 0 Å². The van der Waals surface area contributed by atoms with E-state index in [1.54, 1.807) is 0 Å². The van der Waals surface area contributed by atoms with Crippen LogP contribution in [0.4, 0.5) is 11.4 Å². The van der Waals surface area contributed by atoms with Crippen molar-refractivity contribution in [3.63, 3.8) is 0 Å². The highest BCUT2D eigenvalue weighted by Gasteiger charge is 2.45. The van der Waals surface area contributed by atoms with Gasteiger partial charge in [-0.25, -0.2) is 0 Å². The fraction of sp³-hybridized carbons (Fsp3) is 0.0333. The van der Waals surface area contributed by atoms with Crippen molar-refractivity contribution in [3.05, 3.63) is 235 Å². The van der Waals surface area contributed by atoms with Crippen LogP contribution in [0.3, 0.4) is 0 Å². The number of furan rings is 1. The lowest BCUT2D eigenvalue weighted by Gasteiger charge is -2.32. The van der Waals surface area contributed by atoms with Gasteiger partial charge in [0, 0.05) is 61.3 Å². The Bertz CT molecular complexity index is 3840. The highest BCUT2D eigenvalue weighted by atomic mass is 16.3. The average Bonchev–Trinajstić information content (AvgIpc) is 4.11. The standard InChI is InChI=1S/C60H39N3O/c1-5-18-38(19-6-1)40-22-17-27-43(36-40)63-52-34-32-46-44-28-13-15-30-50(44)61(41-23-9-3-10-24-41)57(46)55(52)56-58(63)48(39-20-7-2-8-21-39)37-49-54-51(62(59(49)56)42-25-11-4-12-26-42)35-33-47-45-29-14-16-31-53(45)64-60(47)54/h1-37,46,57H. The van der Waals surface area contributed by atoms with Gasteiger partial charge in [-0.3, -0.25) is 0 Å². The molecule has 300 valence electrons. The van der Waals surface area contributed by atoms with Gasteiger partial charge >= 0.3 is 0 Å². The van der Waals surface area contributed by atoms with Crippen molar-refractivity contribution in [2.45, 2.75) is 12.0 Å². The molecule has 4 nitrogen and oxygen atoms in total. The zero-order valence-corrected chi connectivity index (χ0v) is 34.8.